The monoisotopic (exact) mass is 466 g/mol. The molecule has 0 unspecified atom stereocenters. The lowest BCUT2D eigenvalue weighted by Gasteiger charge is -2.16. The van der Waals surface area contributed by atoms with Crippen LogP contribution in [0.2, 0.25) is 5.02 Å². The predicted molar refractivity (Wildman–Crippen MR) is 127 cm³/mol. The fourth-order valence-electron chi connectivity index (χ4n) is 3.59. The number of amides is 2. The SMILES string of the molecule is CNC(=O)c1ccccc1Nc1nc(Nc2cc3c(cc2OC)CC(=O)NCC3)ncc1Cl. The number of methoxy groups -OCH3 is 1. The minimum Gasteiger partial charge on any atom is -0.495 e. The maximum atomic E-state index is 12.2. The third-order valence-electron chi connectivity index (χ3n) is 5.23. The topological polar surface area (TPSA) is 117 Å². The van der Waals surface area contributed by atoms with E-state index in [2.05, 4.69) is 31.2 Å². The molecular weight excluding hydrogens is 444 g/mol. The third-order valence-corrected chi connectivity index (χ3v) is 5.51. The summed E-state index contributed by atoms with van der Waals surface area (Å²) in [5, 5.41) is 12.1. The Kier molecular flexibility index (Phi) is 6.60. The number of nitrogens with one attached hydrogen (secondary N) is 4. The first-order valence-electron chi connectivity index (χ1n) is 10.3. The summed E-state index contributed by atoms with van der Waals surface area (Å²) < 4.78 is 5.53. The van der Waals surface area contributed by atoms with Gasteiger partial charge in [0.1, 0.15) is 10.8 Å². The van der Waals surface area contributed by atoms with E-state index in [1.165, 1.54) is 6.20 Å². The van der Waals surface area contributed by atoms with Crippen LogP contribution in [-0.2, 0) is 17.6 Å². The number of rotatable bonds is 6. The Morgan fingerprint density at radius 3 is 2.76 bits per heavy atom. The van der Waals surface area contributed by atoms with E-state index in [0.29, 0.717) is 58.9 Å². The van der Waals surface area contributed by atoms with Crippen molar-refractivity contribution in [3.8, 4) is 5.75 Å². The summed E-state index contributed by atoms with van der Waals surface area (Å²) in [5.41, 5.74) is 3.66. The molecule has 10 heteroatoms. The molecule has 0 atom stereocenters. The number of anilines is 4. The van der Waals surface area contributed by atoms with E-state index in [1.54, 1.807) is 32.4 Å². The van der Waals surface area contributed by atoms with Gasteiger partial charge in [-0.2, -0.15) is 4.98 Å². The fourth-order valence-corrected chi connectivity index (χ4v) is 3.73. The standard InChI is InChI=1S/C23H23ClN6O3/c1-25-22(32)15-5-3-4-6-17(15)28-21-16(24)12-27-23(30-21)29-18-9-13-7-8-26-20(31)11-14(13)10-19(18)33-2/h3-6,9-10,12H,7-8,11H2,1-2H3,(H,25,32)(H,26,31)(H2,27,28,29,30). The lowest BCUT2D eigenvalue weighted by molar-refractivity contribution is -0.120. The Labute approximate surface area is 195 Å². The van der Waals surface area contributed by atoms with Crippen LogP contribution in [0.3, 0.4) is 0 Å². The van der Waals surface area contributed by atoms with Gasteiger partial charge >= 0.3 is 0 Å². The molecule has 1 aromatic heterocycles. The van der Waals surface area contributed by atoms with Crippen LogP contribution in [0.15, 0.2) is 42.6 Å². The normalized spacial score (nSPS) is 12.8. The summed E-state index contributed by atoms with van der Waals surface area (Å²) in [6.45, 7) is 0.577. The van der Waals surface area contributed by atoms with Crippen LogP contribution in [-0.4, -0.2) is 42.5 Å². The fraction of sp³-hybridized carbons (Fsp3) is 0.217. The number of aromatic nitrogens is 2. The second kappa shape index (κ2) is 9.74. The number of halogens is 1. The zero-order chi connectivity index (χ0) is 23.4. The molecule has 0 bridgehead atoms. The smallest absolute Gasteiger partial charge is 0.253 e. The quantitative estimate of drug-likeness (QED) is 0.440. The lowest BCUT2D eigenvalue weighted by Crippen LogP contribution is -2.24. The van der Waals surface area contributed by atoms with Crippen LogP contribution >= 0.6 is 11.6 Å². The highest BCUT2D eigenvalue weighted by Gasteiger charge is 2.18. The number of carbonyl (C=O) groups excluding carboxylic acids is 2. The van der Waals surface area contributed by atoms with E-state index >= 15 is 0 Å². The van der Waals surface area contributed by atoms with Crippen molar-refractivity contribution in [1.29, 1.82) is 0 Å². The number of carbonyl (C=O) groups is 2. The molecule has 9 nitrogen and oxygen atoms in total. The summed E-state index contributed by atoms with van der Waals surface area (Å²) >= 11 is 6.32. The number of hydrogen-bond acceptors (Lipinski definition) is 7. The molecule has 1 aliphatic rings. The molecule has 33 heavy (non-hydrogen) atoms. The van der Waals surface area contributed by atoms with Crippen LogP contribution < -0.4 is 26.0 Å². The zero-order valence-corrected chi connectivity index (χ0v) is 18.9. The number of fused-ring (bicyclic) bond motifs is 1. The maximum absolute atomic E-state index is 12.2. The first-order valence-corrected chi connectivity index (χ1v) is 10.7. The van der Waals surface area contributed by atoms with Gasteiger partial charge in [0.15, 0.2) is 5.82 Å². The number of ether oxygens (including phenoxy) is 1. The van der Waals surface area contributed by atoms with Crippen molar-refractivity contribution in [2.75, 3.05) is 31.3 Å². The third kappa shape index (κ3) is 4.98. The lowest BCUT2D eigenvalue weighted by atomic mass is 10.0. The van der Waals surface area contributed by atoms with Gasteiger partial charge in [0.2, 0.25) is 11.9 Å². The molecule has 0 spiro atoms. The van der Waals surface area contributed by atoms with Gasteiger partial charge in [-0.3, -0.25) is 9.59 Å². The molecule has 0 fully saturated rings. The van der Waals surface area contributed by atoms with E-state index in [-0.39, 0.29) is 11.8 Å². The average Bonchev–Trinajstić information content (AvgIpc) is 3.00. The number of para-hydroxylation sites is 1. The average molecular weight is 467 g/mol. The molecule has 2 amide bonds. The van der Waals surface area contributed by atoms with Crippen molar-refractivity contribution in [1.82, 2.24) is 20.6 Å². The van der Waals surface area contributed by atoms with Gasteiger partial charge in [-0.25, -0.2) is 4.98 Å². The highest BCUT2D eigenvalue weighted by atomic mass is 35.5. The Morgan fingerprint density at radius 2 is 1.97 bits per heavy atom. The summed E-state index contributed by atoms with van der Waals surface area (Å²) in [5.74, 6) is 0.963. The van der Waals surface area contributed by atoms with Gasteiger partial charge in [-0.1, -0.05) is 23.7 Å². The maximum Gasteiger partial charge on any atom is 0.253 e. The highest BCUT2D eigenvalue weighted by Crippen LogP contribution is 2.33. The molecule has 4 rings (SSSR count). The number of nitrogens with zero attached hydrogens (tertiary/aromatic N) is 2. The van der Waals surface area contributed by atoms with Crippen LogP contribution in [0.25, 0.3) is 0 Å². The van der Waals surface area contributed by atoms with Crippen molar-refractivity contribution in [2.24, 2.45) is 0 Å². The minimum absolute atomic E-state index is 0.00898. The van der Waals surface area contributed by atoms with Crippen molar-refractivity contribution in [3.63, 3.8) is 0 Å². The molecule has 0 saturated heterocycles. The van der Waals surface area contributed by atoms with Gasteiger partial charge in [0, 0.05) is 13.6 Å². The van der Waals surface area contributed by atoms with Crippen LogP contribution in [0, 0.1) is 0 Å². The molecule has 0 radical (unpaired) electrons. The summed E-state index contributed by atoms with van der Waals surface area (Å²) in [6.07, 6.45) is 2.49. The van der Waals surface area contributed by atoms with Crippen LogP contribution in [0.5, 0.6) is 5.75 Å². The minimum atomic E-state index is -0.232. The molecule has 1 aliphatic heterocycles. The molecule has 3 aromatic rings. The predicted octanol–water partition coefficient (Wildman–Crippen LogP) is 3.20. The van der Waals surface area contributed by atoms with Crippen LogP contribution in [0.4, 0.5) is 23.1 Å². The van der Waals surface area contributed by atoms with E-state index in [0.717, 1.165) is 11.1 Å². The van der Waals surface area contributed by atoms with Gasteiger partial charge in [0.05, 0.1) is 36.7 Å². The number of hydrogen-bond donors (Lipinski definition) is 4. The van der Waals surface area contributed by atoms with E-state index in [1.807, 2.05) is 18.2 Å². The molecule has 0 saturated carbocycles. The molecule has 170 valence electrons. The largest absolute Gasteiger partial charge is 0.495 e. The highest BCUT2D eigenvalue weighted by molar-refractivity contribution is 6.33. The van der Waals surface area contributed by atoms with Crippen molar-refractivity contribution in [2.45, 2.75) is 12.8 Å². The summed E-state index contributed by atoms with van der Waals surface area (Å²) in [7, 11) is 3.13. The molecule has 2 aromatic carbocycles. The first-order chi connectivity index (χ1) is 16.0. The van der Waals surface area contributed by atoms with Crippen molar-refractivity contribution >= 4 is 46.6 Å². The van der Waals surface area contributed by atoms with E-state index in [4.69, 9.17) is 16.3 Å². The summed E-state index contributed by atoms with van der Waals surface area (Å²) in [6, 6.07) is 10.9. The van der Waals surface area contributed by atoms with Gasteiger partial charge in [-0.15, -0.1) is 0 Å². The Morgan fingerprint density at radius 1 is 1.15 bits per heavy atom. The van der Waals surface area contributed by atoms with Gasteiger partial charge < -0.3 is 26.0 Å². The second-order valence-corrected chi connectivity index (χ2v) is 7.77. The molecule has 0 aliphatic carbocycles. The molecular formula is C23H23ClN6O3. The van der Waals surface area contributed by atoms with Crippen molar-refractivity contribution in [3.05, 3.63) is 64.3 Å². The van der Waals surface area contributed by atoms with E-state index < -0.39 is 0 Å². The van der Waals surface area contributed by atoms with Gasteiger partial charge in [0.25, 0.3) is 5.91 Å². The molecule has 2 heterocycles. The van der Waals surface area contributed by atoms with E-state index in [9.17, 15) is 9.59 Å². The summed E-state index contributed by atoms with van der Waals surface area (Å²) in [4.78, 5) is 32.8. The van der Waals surface area contributed by atoms with Crippen molar-refractivity contribution < 1.29 is 14.3 Å². The Bertz CT molecular complexity index is 1220. The Balaban J connectivity index is 1.64. The van der Waals surface area contributed by atoms with Gasteiger partial charge in [-0.05, 0) is 41.8 Å². The Hall–Kier alpha value is -3.85. The number of benzene rings is 2. The second-order valence-electron chi connectivity index (χ2n) is 7.36. The molecule has 4 N–H and O–H groups in total. The first kappa shape index (κ1) is 22.3. The van der Waals surface area contributed by atoms with Crippen LogP contribution in [0.1, 0.15) is 21.5 Å². The zero-order valence-electron chi connectivity index (χ0n) is 18.2.